The summed E-state index contributed by atoms with van der Waals surface area (Å²) in [4.78, 5) is 37.7. The molecule has 2 aliphatic heterocycles. The van der Waals surface area contributed by atoms with E-state index in [1.807, 2.05) is 0 Å². The molecule has 0 amide bonds. The van der Waals surface area contributed by atoms with Crippen molar-refractivity contribution in [1.82, 2.24) is 59.1 Å². The van der Waals surface area contributed by atoms with Crippen molar-refractivity contribution in [3.8, 4) is 44.5 Å². The third-order valence-corrected chi connectivity index (χ3v) is 14.6. The van der Waals surface area contributed by atoms with Crippen LogP contribution in [-0.4, -0.2) is 172 Å². The van der Waals surface area contributed by atoms with Crippen molar-refractivity contribution in [2.75, 3.05) is 113 Å². The normalized spacial score (nSPS) is 12.7. The highest BCUT2D eigenvalue weighted by atomic mass is 15.1. The molecule has 12 heteroatoms. The number of rotatable bonds is 20. The predicted octanol–water partition coefficient (Wildman–Crippen LogP) is 11.8. The van der Waals surface area contributed by atoms with Crippen molar-refractivity contribution in [2.24, 2.45) is 0 Å². The summed E-state index contributed by atoms with van der Waals surface area (Å²) in [6.45, 7) is 6.62. The van der Waals surface area contributed by atoms with E-state index in [0.29, 0.717) is 0 Å². The van der Waals surface area contributed by atoms with Gasteiger partial charge in [0.1, 0.15) is 0 Å². The van der Waals surface area contributed by atoms with Gasteiger partial charge in [-0.3, -0.25) is 0 Å². The lowest BCUT2D eigenvalue weighted by Crippen LogP contribution is -2.16. The standard InChI is InChI=1S/C68H86N12/c1-73(2)37-49-21-17-45(33-53(49)41-77(9)10)65-57-25-27-59(69-57)66(46-18-22-50(38-74(3)4)54(34-46)42-78(11)12)61-29-31-63(71-61)68(48-20-24-52(40-76(7)8)56(36-48)44-80(15)16)64-32-30-62(72-64)67(60-28-26-58(65)70-60)47-19-23-51(39-75(5)6)55(35-47)43-79(13)14/h17-36,69,72H,37-44H2,1-16H3. The molecule has 5 heterocycles. The zero-order valence-corrected chi connectivity index (χ0v) is 50.7. The number of aromatic amines is 2. The number of fused-ring (bicyclic) bond motifs is 8. The minimum atomic E-state index is 0.810. The van der Waals surface area contributed by atoms with E-state index in [1.54, 1.807) is 0 Å². The second-order valence-corrected chi connectivity index (χ2v) is 24.3. The number of aromatic nitrogens is 4. The maximum absolute atomic E-state index is 5.76. The van der Waals surface area contributed by atoms with Gasteiger partial charge < -0.3 is 49.2 Å². The molecule has 2 N–H and O–H groups in total. The molecule has 9 rings (SSSR count). The fourth-order valence-corrected chi connectivity index (χ4v) is 11.5. The molecule has 0 spiro atoms. The first-order valence-electron chi connectivity index (χ1n) is 28.0. The summed E-state index contributed by atoms with van der Waals surface area (Å²) >= 11 is 0. The molecule has 0 saturated carbocycles. The van der Waals surface area contributed by atoms with E-state index >= 15 is 0 Å². The van der Waals surface area contributed by atoms with Gasteiger partial charge in [-0.25, -0.2) is 9.97 Å². The summed E-state index contributed by atoms with van der Waals surface area (Å²) < 4.78 is 0. The maximum atomic E-state index is 5.76. The first-order valence-corrected chi connectivity index (χ1v) is 28.0. The molecule has 0 fully saturated rings. The van der Waals surface area contributed by atoms with Gasteiger partial charge in [-0.1, -0.05) is 48.5 Å². The fraction of sp³-hybridized carbons (Fsp3) is 0.353. The summed E-state index contributed by atoms with van der Waals surface area (Å²) in [5.74, 6) is 0. The highest BCUT2D eigenvalue weighted by Gasteiger charge is 2.22. The molecule has 3 aromatic heterocycles. The summed E-state index contributed by atoms with van der Waals surface area (Å²) in [6.07, 6.45) is 8.88. The molecule has 7 aromatic rings. The van der Waals surface area contributed by atoms with E-state index in [1.165, 1.54) is 44.5 Å². The molecule has 4 aromatic carbocycles. The van der Waals surface area contributed by atoms with Crippen LogP contribution in [0.2, 0.25) is 0 Å². The number of nitrogens with zero attached hydrogens (tertiary/aromatic N) is 10. The minimum Gasteiger partial charge on any atom is -0.354 e. The van der Waals surface area contributed by atoms with Crippen LogP contribution in [0.4, 0.5) is 0 Å². The number of H-pyrrole nitrogens is 2. The van der Waals surface area contributed by atoms with Crippen LogP contribution >= 0.6 is 0 Å². The van der Waals surface area contributed by atoms with Crippen molar-refractivity contribution in [2.45, 2.75) is 52.4 Å². The lowest BCUT2D eigenvalue weighted by atomic mass is 9.97. The number of hydrogen-bond donors (Lipinski definition) is 2. The monoisotopic (exact) mass is 1070 g/mol. The highest BCUT2D eigenvalue weighted by Crippen LogP contribution is 2.40. The molecule has 80 heavy (non-hydrogen) atoms. The Bertz CT molecular complexity index is 3140. The first kappa shape index (κ1) is 57.8. The predicted molar refractivity (Wildman–Crippen MR) is 340 cm³/mol. The summed E-state index contributed by atoms with van der Waals surface area (Å²) in [5.41, 5.74) is 26.5. The van der Waals surface area contributed by atoms with Crippen LogP contribution in [0, 0.1) is 0 Å². The zero-order chi connectivity index (χ0) is 57.1. The first-order chi connectivity index (χ1) is 38.2. The molecule has 0 atom stereocenters. The molecule has 0 radical (unpaired) electrons. The van der Waals surface area contributed by atoms with E-state index in [0.717, 1.165) is 142 Å². The Kier molecular flexibility index (Phi) is 18.0. The van der Waals surface area contributed by atoms with Gasteiger partial charge in [0.15, 0.2) is 0 Å². The summed E-state index contributed by atoms with van der Waals surface area (Å²) in [6, 6.07) is 37.0. The van der Waals surface area contributed by atoms with Crippen LogP contribution < -0.4 is 0 Å². The minimum absolute atomic E-state index is 0.810. The molecule has 418 valence electrons. The molecular formula is C68H86N12. The van der Waals surface area contributed by atoms with Crippen LogP contribution in [0.15, 0.2) is 97.1 Å². The van der Waals surface area contributed by atoms with Gasteiger partial charge in [0.2, 0.25) is 0 Å². The third kappa shape index (κ3) is 13.5. The Labute approximate surface area is 477 Å². The van der Waals surface area contributed by atoms with Gasteiger partial charge in [0.05, 0.1) is 22.8 Å². The van der Waals surface area contributed by atoms with Crippen LogP contribution in [0.5, 0.6) is 0 Å². The topological polar surface area (TPSA) is 83.3 Å². The van der Waals surface area contributed by atoms with Crippen molar-refractivity contribution in [3.05, 3.63) is 164 Å². The lowest BCUT2D eigenvalue weighted by Gasteiger charge is -2.19. The molecule has 12 nitrogen and oxygen atoms in total. The van der Waals surface area contributed by atoms with Crippen LogP contribution in [0.25, 0.3) is 90.9 Å². The SMILES string of the molecule is CN(C)Cc1ccc(-c2c3nc(c(-c4ccc(CN(C)C)c(CN(C)C)c4)c4ccc([nH]4)c(-c4ccc(CN(C)C)c(CN(C)C)c4)c4nc(c(-c5ccc(CN(C)C)c(CN(C)C)c5)c5ccc2[nH]5)C=C4)C=C3)cc1CN(C)C. The van der Waals surface area contributed by atoms with Gasteiger partial charge in [-0.05, 0) is 252 Å². The van der Waals surface area contributed by atoms with Gasteiger partial charge in [0, 0.05) is 96.7 Å². The molecule has 0 unspecified atom stereocenters. The average molecular weight is 1070 g/mol. The molecular weight excluding hydrogens is 985 g/mol. The highest BCUT2D eigenvalue weighted by molar-refractivity contribution is 6.00. The van der Waals surface area contributed by atoms with Gasteiger partial charge in [0.25, 0.3) is 0 Å². The second kappa shape index (κ2) is 24.9. The molecule has 8 bridgehead atoms. The largest absolute Gasteiger partial charge is 0.354 e. The Balaban J connectivity index is 1.45. The second-order valence-electron chi connectivity index (χ2n) is 24.3. The fourth-order valence-electron chi connectivity index (χ4n) is 11.5. The molecule has 0 aliphatic carbocycles. The quantitative estimate of drug-likeness (QED) is 0.0770. The van der Waals surface area contributed by atoms with Crippen molar-refractivity contribution >= 4 is 46.4 Å². The lowest BCUT2D eigenvalue weighted by molar-refractivity contribution is 0.381. The van der Waals surface area contributed by atoms with E-state index in [-0.39, 0.29) is 0 Å². The van der Waals surface area contributed by atoms with Crippen molar-refractivity contribution in [3.63, 3.8) is 0 Å². The molecule has 0 saturated heterocycles. The van der Waals surface area contributed by atoms with Gasteiger partial charge >= 0.3 is 0 Å². The average Bonchev–Trinajstić information content (AvgIpc) is 4.22. The van der Waals surface area contributed by atoms with Crippen LogP contribution in [0.3, 0.4) is 0 Å². The maximum Gasteiger partial charge on any atom is 0.0737 e. The summed E-state index contributed by atoms with van der Waals surface area (Å²) in [5, 5.41) is 0. The number of hydrogen-bond acceptors (Lipinski definition) is 10. The van der Waals surface area contributed by atoms with Gasteiger partial charge in [-0.15, -0.1) is 0 Å². The Morgan fingerprint density at radius 2 is 0.438 bits per heavy atom. The Hall–Kier alpha value is -6.84. The summed E-state index contributed by atoms with van der Waals surface area (Å²) in [7, 11) is 34.3. The molecule has 2 aliphatic rings. The van der Waals surface area contributed by atoms with Crippen LogP contribution in [0.1, 0.15) is 67.3 Å². The smallest absolute Gasteiger partial charge is 0.0737 e. The van der Waals surface area contributed by atoms with Crippen molar-refractivity contribution in [1.29, 1.82) is 0 Å². The van der Waals surface area contributed by atoms with Crippen LogP contribution in [-0.2, 0) is 52.4 Å². The zero-order valence-electron chi connectivity index (χ0n) is 50.7. The van der Waals surface area contributed by atoms with E-state index in [4.69, 9.17) is 9.97 Å². The van der Waals surface area contributed by atoms with E-state index < -0.39 is 0 Å². The Morgan fingerprint density at radius 3 is 0.625 bits per heavy atom. The van der Waals surface area contributed by atoms with Crippen molar-refractivity contribution < 1.29 is 0 Å². The number of nitrogens with one attached hydrogen (secondary N) is 2. The third-order valence-electron chi connectivity index (χ3n) is 14.6. The number of benzene rings is 4. The van der Waals surface area contributed by atoms with E-state index in [9.17, 15) is 0 Å². The van der Waals surface area contributed by atoms with E-state index in [2.05, 4.69) is 283 Å². The Morgan fingerprint density at radius 1 is 0.250 bits per heavy atom. The van der Waals surface area contributed by atoms with Gasteiger partial charge in [-0.2, -0.15) is 0 Å².